The fourth-order valence-corrected chi connectivity index (χ4v) is 1.17. The van der Waals surface area contributed by atoms with Crippen molar-refractivity contribution in [1.29, 1.82) is 0 Å². The standard InChI is InChI=1S/C10H13F2N/c1-10(2,13)6-7-5-8(11)3-4-9(7)12/h3-5H,6,13H2,1-2H3. The van der Waals surface area contributed by atoms with Crippen LogP contribution in [0.4, 0.5) is 8.78 Å². The number of halogens is 2. The minimum absolute atomic E-state index is 0.326. The summed E-state index contributed by atoms with van der Waals surface area (Å²) in [5.74, 6) is -0.833. The molecule has 0 atom stereocenters. The molecule has 3 heteroatoms. The molecule has 0 spiro atoms. The highest BCUT2D eigenvalue weighted by Crippen LogP contribution is 2.15. The van der Waals surface area contributed by atoms with Crippen molar-refractivity contribution in [2.24, 2.45) is 5.73 Å². The Balaban J connectivity index is 2.94. The van der Waals surface area contributed by atoms with Crippen LogP contribution in [-0.4, -0.2) is 5.54 Å². The van der Waals surface area contributed by atoms with Crippen molar-refractivity contribution < 1.29 is 8.78 Å². The van der Waals surface area contributed by atoms with Gasteiger partial charge in [-0.3, -0.25) is 0 Å². The van der Waals surface area contributed by atoms with Crippen LogP contribution >= 0.6 is 0 Å². The summed E-state index contributed by atoms with van der Waals surface area (Å²) in [5.41, 5.74) is 5.50. The van der Waals surface area contributed by atoms with Gasteiger partial charge < -0.3 is 5.73 Å². The van der Waals surface area contributed by atoms with E-state index in [0.29, 0.717) is 12.0 Å². The van der Waals surface area contributed by atoms with E-state index in [9.17, 15) is 8.78 Å². The third-order valence-electron chi connectivity index (χ3n) is 1.65. The van der Waals surface area contributed by atoms with Crippen molar-refractivity contribution in [3.63, 3.8) is 0 Å². The molecule has 0 aliphatic rings. The van der Waals surface area contributed by atoms with Crippen LogP contribution in [0.3, 0.4) is 0 Å². The highest BCUT2D eigenvalue weighted by atomic mass is 19.1. The van der Waals surface area contributed by atoms with Gasteiger partial charge in [0.25, 0.3) is 0 Å². The third kappa shape index (κ3) is 3.11. The average Bonchev–Trinajstić information content (AvgIpc) is 1.94. The molecule has 72 valence electrons. The molecule has 0 heterocycles. The van der Waals surface area contributed by atoms with E-state index in [1.54, 1.807) is 13.8 Å². The first-order valence-corrected chi connectivity index (χ1v) is 4.11. The lowest BCUT2D eigenvalue weighted by Crippen LogP contribution is -2.34. The maximum Gasteiger partial charge on any atom is 0.126 e. The molecule has 13 heavy (non-hydrogen) atoms. The number of nitrogens with two attached hydrogens (primary N) is 1. The summed E-state index contributed by atoms with van der Waals surface area (Å²) in [6, 6.07) is 3.41. The summed E-state index contributed by atoms with van der Waals surface area (Å²) < 4.78 is 25.8. The van der Waals surface area contributed by atoms with Crippen molar-refractivity contribution >= 4 is 0 Å². The van der Waals surface area contributed by atoms with E-state index >= 15 is 0 Å². The van der Waals surface area contributed by atoms with Crippen LogP contribution in [0.15, 0.2) is 18.2 Å². The molecule has 1 aromatic rings. The van der Waals surface area contributed by atoms with Gasteiger partial charge in [-0.15, -0.1) is 0 Å². The molecule has 0 amide bonds. The van der Waals surface area contributed by atoms with Gasteiger partial charge in [-0.05, 0) is 44.0 Å². The average molecular weight is 185 g/mol. The van der Waals surface area contributed by atoms with Crippen LogP contribution in [0.1, 0.15) is 19.4 Å². The van der Waals surface area contributed by atoms with Gasteiger partial charge in [0.2, 0.25) is 0 Å². The molecule has 0 saturated carbocycles. The summed E-state index contributed by atoms with van der Waals surface area (Å²) in [4.78, 5) is 0. The Hall–Kier alpha value is -0.960. The van der Waals surface area contributed by atoms with E-state index in [-0.39, 0.29) is 0 Å². The van der Waals surface area contributed by atoms with Gasteiger partial charge in [-0.25, -0.2) is 8.78 Å². The first-order valence-electron chi connectivity index (χ1n) is 4.11. The second-order valence-electron chi connectivity index (χ2n) is 3.90. The summed E-state index contributed by atoms with van der Waals surface area (Å²) >= 11 is 0. The Morgan fingerprint density at radius 3 is 2.46 bits per heavy atom. The van der Waals surface area contributed by atoms with E-state index in [2.05, 4.69) is 0 Å². The van der Waals surface area contributed by atoms with Gasteiger partial charge >= 0.3 is 0 Å². The molecule has 2 N–H and O–H groups in total. The summed E-state index contributed by atoms with van der Waals surface area (Å²) in [5, 5.41) is 0. The van der Waals surface area contributed by atoms with Crippen LogP contribution in [-0.2, 0) is 6.42 Å². The van der Waals surface area contributed by atoms with Gasteiger partial charge in [0.15, 0.2) is 0 Å². The fourth-order valence-electron chi connectivity index (χ4n) is 1.17. The molecule has 0 unspecified atom stereocenters. The molecule has 0 aromatic heterocycles. The topological polar surface area (TPSA) is 26.0 Å². The lowest BCUT2D eigenvalue weighted by atomic mass is 9.96. The van der Waals surface area contributed by atoms with Gasteiger partial charge in [0, 0.05) is 5.54 Å². The second-order valence-corrected chi connectivity index (χ2v) is 3.90. The molecule has 0 saturated heterocycles. The molecule has 0 bridgehead atoms. The van der Waals surface area contributed by atoms with Gasteiger partial charge in [-0.1, -0.05) is 0 Å². The van der Waals surface area contributed by atoms with E-state index in [4.69, 9.17) is 5.73 Å². The van der Waals surface area contributed by atoms with Crippen molar-refractivity contribution in [3.05, 3.63) is 35.4 Å². The molecule has 0 aliphatic heterocycles. The zero-order chi connectivity index (χ0) is 10.1. The SMILES string of the molecule is CC(C)(N)Cc1cc(F)ccc1F. The zero-order valence-electron chi connectivity index (χ0n) is 7.77. The molecule has 0 radical (unpaired) electrons. The van der Waals surface area contributed by atoms with E-state index in [0.717, 1.165) is 12.1 Å². The zero-order valence-corrected chi connectivity index (χ0v) is 7.77. The third-order valence-corrected chi connectivity index (χ3v) is 1.65. The Morgan fingerprint density at radius 2 is 1.92 bits per heavy atom. The Bertz CT molecular complexity index is 302. The lowest BCUT2D eigenvalue weighted by Gasteiger charge is -2.18. The Kier molecular flexibility index (Phi) is 2.66. The quantitative estimate of drug-likeness (QED) is 0.751. The molecule has 1 rings (SSSR count). The summed E-state index contributed by atoms with van der Waals surface area (Å²) in [6.45, 7) is 3.55. The molecular formula is C10H13F2N. The number of hydrogen-bond acceptors (Lipinski definition) is 1. The first-order chi connectivity index (χ1) is 5.88. The van der Waals surface area contributed by atoms with Crippen LogP contribution in [0, 0.1) is 11.6 Å². The summed E-state index contributed by atoms with van der Waals surface area (Å²) in [6.07, 6.45) is 0.330. The second kappa shape index (κ2) is 3.42. The van der Waals surface area contributed by atoms with E-state index < -0.39 is 17.2 Å². The predicted molar refractivity (Wildman–Crippen MR) is 48.3 cm³/mol. The van der Waals surface area contributed by atoms with E-state index in [1.165, 1.54) is 6.07 Å². The van der Waals surface area contributed by atoms with Crippen molar-refractivity contribution in [3.8, 4) is 0 Å². The smallest absolute Gasteiger partial charge is 0.126 e. The van der Waals surface area contributed by atoms with Crippen molar-refractivity contribution in [2.45, 2.75) is 25.8 Å². The highest BCUT2D eigenvalue weighted by molar-refractivity contribution is 5.20. The van der Waals surface area contributed by atoms with Crippen molar-refractivity contribution in [1.82, 2.24) is 0 Å². The van der Waals surface area contributed by atoms with Gasteiger partial charge in [0.1, 0.15) is 11.6 Å². The molecular weight excluding hydrogens is 172 g/mol. The normalized spacial score (nSPS) is 11.8. The monoisotopic (exact) mass is 185 g/mol. The molecule has 0 aliphatic carbocycles. The Morgan fingerprint density at radius 1 is 1.31 bits per heavy atom. The van der Waals surface area contributed by atoms with Crippen LogP contribution < -0.4 is 5.73 Å². The Labute approximate surface area is 76.6 Å². The van der Waals surface area contributed by atoms with E-state index in [1.807, 2.05) is 0 Å². The van der Waals surface area contributed by atoms with Crippen LogP contribution in [0.2, 0.25) is 0 Å². The van der Waals surface area contributed by atoms with Gasteiger partial charge in [-0.2, -0.15) is 0 Å². The van der Waals surface area contributed by atoms with Crippen LogP contribution in [0.5, 0.6) is 0 Å². The fraction of sp³-hybridized carbons (Fsp3) is 0.400. The minimum Gasteiger partial charge on any atom is -0.325 e. The predicted octanol–water partition coefficient (Wildman–Crippen LogP) is 2.24. The summed E-state index contributed by atoms with van der Waals surface area (Å²) in [7, 11) is 0. The lowest BCUT2D eigenvalue weighted by molar-refractivity contribution is 0.493. The number of benzene rings is 1. The first kappa shape index (κ1) is 10.1. The minimum atomic E-state index is -0.519. The van der Waals surface area contributed by atoms with Gasteiger partial charge in [0.05, 0.1) is 0 Å². The van der Waals surface area contributed by atoms with Crippen molar-refractivity contribution in [2.75, 3.05) is 0 Å². The number of hydrogen-bond donors (Lipinski definition) is 1. The maximum absolute atomic E-state index is 13.1. The molecule has 0 fully saturated rings. The number of rotatable bonds is 2. The largest absolute Gasteiger partial charge is 0.325 e. The maximum atomic E-state index is 13.1. The molecule has 1 aromatic carbocycles. The highest BCUT2D eigenvalue weighted by Gasteiger charge is 2.14. The van der Waals surface area contributed by atoms with Crippen LogP contribution in [0.25, 0.3) is 0 Å². The molecule has 1 nitrogen and oxygen atoms in total.